The smallest absolute Gasteiger partial charge is 0.380 e. The van der Waals surface area contributed by atoms with Crippen molar-refractivity contribution in [1.29, 1.82) is 0 Å². The Morgan fingerprint density at radius 2 is 1.06 bits per heavy atom. The van der Waals surface area contributed by atoms with Gasteiger partial charge in [0, 0.05) is 150 Å². The second-order valence-corrected chi connectivity index (χ2v) is 35.6. The van der Waals surface area contributed by atoms with Crippen molar-refractivity contribution in [1.82, 2.24) is 153 Å². The highest BCUT2D eigenvalue weighted by Gasteiger charge is 2.34. The maximum Gasteiger partial charge on any atom is 0.380 e. The topological polar surface area (TPSA) is 694 Å². The number of guanidine groups is 1. The van der Waals surface area contributed by atoms with Gasteiger partial charge >= 0.3 is 51.5 Å². The van der Waals surface area contributed by atoms with Crippen molar-refractivity contribution in [2.24, 2.45) is 4.40 Å². The van der Waals surface area contributed by atoms with Crippen molar-refractivity contribution in [3.05, 3.63) is 97.9 Å². The number of carbonyl (C=O) groups is 4. The number of carbonyl (C=O) groups excluding carboxylic acids is 4. The van der Waals surface area contributed by atoms with E-state index in [1.165, 1.54) is 17.5 Å². The van der Waals surface area contributed by atoms with E-state index in [4.69, 9.17) is 48.1 Å². The van der Waals surface area contributed by atoms with Crippen LogP contribution in [0.2, 0.25) is 0 Å². The molecule has 2 aliphatic heterocycles. The Bertz CT molecular complexity index is 5490. The van der Waals surface area contributed by atoms with Gasteiger partial charge in [-0.15, -0.1) is 29.9 Å². The first kappa shape index (κ1) is 124. The summed E-state index contributed by atoms with van der Waals surface area (Å²) in [4.78, 5) is 140. The van der Waals surface area contributed by atoms with Crippen LogP contribution in [-0.4, -0.2) is 339 Å². The van der Waals surface area contributed by atoms with Gasteiger partial charge in [-0.1, -0.05) is 15.5 Å². The minimum Gasteiger partial charge on any atom is -0.502 e. The van der Waals surface area contributed by atoms with Crippen LogP contribution in [0.4, 0.5) is 67.2 Å². The molecule has 11 heterocycles. The molecule has 1 fully saturated rings. The Hall–Kier alpha value is -14.1. The van der Waals surface area contributed by atoms with Crippen molar-refractivity contribution < 1.29 is 55.9 Å². The number of nitrogens with one attached hydrogen (secondary N) is 14. The normalized spacial score (nSPS) is 12.6. The summed E-state index contributed by atoms with van der Waals surface area (Å²) in [5.41, 5.74) is 1.17. The number of H-pyrrole nitrogens is 9. The second kappa shape index (κ2) is 61.3. The third-order valence-corrected chi connectivity index (χ3v) is 21.4. The fourth-order valence-electron chi connectivity index (χ4n) is 8.83. The monoisotopic (exact) mass is 2040 g/mol. The molecule has 60 heteroatoms. The molecule has 16 N–H and O–H groups in total. The van der Waals surface area contributed by atoms with Crippen LogP contribution in [0, 0.1) is 16.5 Å². The zero-order valence-electron chi connectivity index (χ0n) is 86.9. The van der Waals surface area contributed by atoms with Crippen molar-refractivity contribution in [3.63, 3.8) is 0 Å². The lowest BCUT2D eigenvalue weighted by Gasteiger charge is -2.25. The third-order valence-electron chi connectivity index (χ3n) is 20.5. The molecule has 0 spiro atoms. The summed E-state index contributed by atoms with van der Waals surface area (Å²) in [6.45, 7) is 50.1. The minimum absolute atomic E-state index is 0.0965. The number of amides is 7. The fraction of sp³-hybridized carbons (Fsp3) is 0.637. The first-order valence-corrected chi connectivity index (χ1v) is 45.8. The van der Waals surface area contributed by atoms with Gasteiger partial charge in [0.05, 0.1) is 12.7 Å². The predicted molar refractivity (Wildman–Crippen MR) is 539 cm³/mol. The molecule has 0 saturated carbocycles. The van der Waals surface area contributed by atoms with Crippen molar-refractivity contribution in [2.45, 2.75) is 258 Å². The number of hydrogen-bond acceptors (Lipinski definition) is 43. The molecule has 1 aromatic carbocycles. The number of hydrogen-bond donors (Lipinski definition) is 16. The van der Waals surface area contributed by atoms with Crippen LogP contribution in [0.15, 0.2) is 71.4 Å². The van der Waals surface area contributed by atoms with Gasteiger partial charge in [0.25, 0.3) is 22.7 Å². The summed E-state index contributed by atoms with van der Waals surface area (Å²) in [6.07, 6.45) is 4.80. The largest absolute Gasteiger partial charge is 0.502 e. The molecule has 140 heavy (non-hydrogen) atoms. The van der Waals surface area contributed by atoms with Gasteiger partial charge in [0.15, 0.2) is 24.1 Å². The molecular formula is C80H146N40O17S3. The van der Waals surface area contributed by atoms with Gasteiger partial charge < -0.3 is 92.7 Å². The lowest BCUT2D eigenvalue weighted by atomic mass is 10.2. The number of rotatable bonds is 24. The fourth-order valence-corrected chi connectivity index (χ4v) is 9.59. The Morgan fingerprint density at radius 3 is 1.46 bits per heavy atom. The summed E-state index contributed by atoms with van der Waals surface area (Å²) in [7, 11) is 22.0. The number of likely N-dealkylation sites (N-methyl/N-ethyl adjacent to an activating group) is 1. The number of aromatic hydroxyl groups is 2. The molecule has 2 aliphatic rings. The lowest BCUT2D eigenvalue weighted by Crippen LogP contribution is -2.47. The number of tetrazole rings is 2. The van der Waals surface area contributed by atoms with E-state index >= 15 is 0 Å². The van der Waals surface area contributed by atoms with Crippen LogP contribution >= 0.6 is 24.4 Å². The van der Waals surface area contributed by atoms with Gasteiger partial charge in [-0.3, -0.25) is 55.0 Å². The molecule has 10 aromatic rings. The average molecular weight is 2040 g/mol. The highest BCUT2D eigenvalue weighted by Crippen LogP contribution is 2.21. The number of aromatic amines is 9. The van der Waals surface area contributed by atoms with E-state index in [9.17, 15) is 47.4 Å². The highest BCUT2D eigenvalue weighted by atomic mass is 32.2. The third kappa shape index (κ3) is 42.9. The summed E-state index contributed by atoms with van der Waals surface area (Å²) in [6, 6.07) is 3.10. The molecule has 2 atom stereocenters. The summed E-state index contributed by atoms with van der Waals surface area (Å²) in [5, 5.41) is 80.8. The molecular weight excluding hydrogens is 1890 g/mol. The maximum atomic E-state index is 11.4. The molecule has 2 unspecified atom stereocenters. The second-order valence-electron chi connectivity index (χ2n) is 34.1. The predicted octanol–water partition coefficient (Wildman–Crippen LogP) is 5.65. The van der Waals surface area contributed by atoms with Crippen molar-refractivity contribution in [2.75, 3.05) is 129 Å². The van der Waals surface area contributed by atoms with E-state index in [0.29, 0.717) is 88.1 Å². The number of urea groups is 3. The van der Waals surface area contributed by atoms with E-state index in [2.05, 4.69) is 208 Å². The molecule has 57 nitrogen and oxygen atoms in total. The SMILES string of the molecule is CC(C)N(C)C(=O)NCc1nn[nH]n1.CC(C)N(C)C(=O)Nc1nn[nH]n1.CC(C)N(C)C1=NS(=O)ON1.CC(C)N(C)C1NC(=O)NC1=O.CC(C)N(C)c1c(O)c(=O)c1=O.CC(C)N(C)c1c[nH]oc1=O.CC(C)N(C)c1cocc(O)c1=O.CC(C)N(C)c1n[nH]c(=O)[nH]1.CC(C)N(C)c1nc(=S)[nH][nH]1.CC(C)N(C)c1nc(=S)o[nH]1.CC(C)N(C)c1ncno1.Cc1nc(N(C)C(C)C)n[nH]1. The first-order chi connectivity index (χ1) is 65.1. The van der Waals surface area contributed by atoms with E-state index in [-0.39, 0.29) is 88.3 Å². The van der Waals surface area contributed by atoms with E-state index in [0.717, 1.165) is 24.0 Å². The van der Waals surface area contributed by atoms with E-state index < -0.39 is 45.5 Å². The van der Waals surface area contributed by atoms with Crippen LogP contribution < -0.4 is 93.5 Å². The molecule has 7 amide bonds. The Morgan fingerprint density at radius 1 is 0.536 bits per heavy atom. The standard InChI is InChI=1S/C9H13NO3.C8H11NO3.C7H14N6O.C7H14N4.C7H13N3O2.C7H12N2O2.C6H12N6O.C6H12N4O.C6H12N4S.C6H11N3OS.C6H11N3O.C5H11N3O2S/c1-6(2)10(3)7-4-13-5-8(11)9(7)12;1-4(2)9(3)5-6(10)8(12)7(5)11;1-5(2)13(3)7(14)8-4-6-9-11-12-10-6;1-5(2)11(4)7-8-6(3)9-10-7;1-4(2)10(3)5-6(11)9-7(12)8-5;1-5(2)9(3)6-4-8-11-7(6)10;1-4(2)12(3)6(13)7-5-8-10-11-9-5;2*1-4(2)10(3)5-7-6(11)9-8-5;1-4(2)9(3)5-7-6(11)10-8-5;1-5(2)9(3)6-7-4-8-10-6;1-4(2)8(3)5-6-10-11(9)7-5/h4-6,11H,1-3H3;4,10H,1-3H3;5H,4H2,1-3H3,(H,8,14)(H,9,10,11,12);5H,1-4H3,(H,8,9,10);4-5H,1-3H3,(H2,8,9,11,12);4-5,8H,1-3H3;4H,1-3H3,(H2,7,8,9,10,11,13);2*4H,1-3H3,(H2,7,8,9,11);4H,1-3H3,(H,7,8,11);4-5H,1-3H3;4H,1-3H3,(H,6,7). The molecule has 9 aromatic heterocycles. The number of hydroxylamine groups is 1. The molecule has 0 bridgehead atoms. The van der Waals surface area contributed by atoms with Gasteiger partial charge in [0.2, 0.25) is 45.7 Å². The molecule has 0 aliphatic carbocycles. The van der Waals surface area contributed by atoms with Crippen molar-refractivity contribution >= 4 is 118 Å². The van der Waals surface area contributed by atoms with Crippen LogP contribution in [0.5, 0.6) is 11.5 Å². The minimum atomic E-state index is -1.55. The van der Waals surface area contributed by atoms with Crippen molar-refractivity contribution in [3.8, 4) is 11.5 Å². The quantitative estimate of drug-likeness (QED) is 0.0197. The van der Waals surface area contributed by atoms with Crippen LogP contribution in [0.25, 0.3) is 0 Å². The molecule has 786 valence electrons. The van der Waals surface area contributed by atoms with Gasteiger partial charge in [-0.2, -0.15) is 39.8 Å². The summed E-state index contributed by atoms with van der Waals surface area (Å²) in [5.74, 6) is 3.76. The van der Waals surface area contributed by atoms with Gasteiger partial charge in [-0.05, 0) is 210 Å². The molecule has 12 rings (SSSR count). The first-order valence-electron chi connectivity index (χ1n) is 44.0. The average Bonchev–Trinajstić information content (AvgIpc) is 0.869. The Labute approximate surface area is 824 Å². The number of imide groups is 1. The lowest BCUT2D eigenvalue weighted by molar-refractivity contribution is -0.124. The molecule has 1 saturated heterocycles. The van der Waals surface area contributed by atoms with Crippen LogP contribution in [0.3, 0.4) is 0 Å². The zero-order chi connectivity index (χ0) is 107. The highest BCUT2D eigenvalue weighted by molar-refractivity contribution is 7.79. The zero-order valence-corrected chi connectivity index (χ0v) is 89.3. The number of nitrogens with zero attached hydrogens (tertiary/aromatic N) is 26. The maximum absolute atomic E-state index is 11.4. The van der Waals surface area contributed by atoms with E-state index in [1.54, 1.807) is 61.0 Å². The van der Waals surface area contributed by atoms with Gasteiger partial charge in [0.1, 0.15) is 35.4 Å². The number of aromatic nitrogens is 22. The van der Waals surface area contributed by atoms with Crippen LogP contribution in [-0.2, 0) is 26.9 Å². The van der Waals surface area contributed by atoms with E-state index in [1.807, 2.05) is 201 Å². The molecule has 0 radical (unpaired) electrons. The van der Waals surface area contributed by atoms with Crippen LogP contribution in [0.1, 0.15) is 178 Å². The number of aryl methyl sites for hydroxylation is 1. The summed E-state index contributed by atoms with van der Waals surface area (Å²) < 4.78 is 38.2. The number of anilines is 9. The Kier molecular flexibility index (Phi) is 54.3. The Balaban J connectivity index is 0.000000764. The van der Waals surface area contributed by atoms with Gasteiger partial charge in [-0.25, -0.2) is 43.9 Å². The summed E-state index contributed by atoms with van der Waals surface area (Å²) >= 11 is 7.96.